The zero-order chi connectivity index (χ0) is 17.0. The van der Waals surface area contributed by atoms with Crippen molar-refractivity contribution in [3.8, 4) is 0 Å². The molecule has 8 heteroatoms. The van der Waals surface area contributed by atoms with E-state index >= 15 is 0 Å². The Bertz CT molecular complexity index is 773. The summed E-state index contributed by atoms with van der Waals surface area (Å²) < 4.78 is 27.0. The number of rotatable bonds is 5. The van der Waals surface area contributed by atoms with Crippen molar-refractivity contribution in [2.45, 2.75) is 37.1 Å². The number of hydrogen-bond acceptors (Lipinski definition) is 5. The van der Waals surface area contributed by atoms with Gasteiger partial charge in [-0.15, -0.1) is 22.7 Å². The number of thiophene rings is 2. The summed E-state index contributed by atoms with van der Waals surface area (Å²) in [5.41, 5.74) is 0. The van der Waals surface area contributed by atoms with E-state index in [1.165, 1.54) is 17.4 Å². The zero-order valence-corrected chi connectivity index (χ0v) is 15.7. The second-order valence-electron chi connectivity index (χ2n) is 5.73. The van der Waals surface area contributed by atoms with Crippen LogP contribution in [0.1, 0.15) is 40.2 Å². The number of hydrogen-bond donors (Lipinski definition) is 1. The molecular weight excluding hydrogens is 364 g/mol. The van der Waals surface area contributed by atoms with Crippen LogP contribution in [0, 0.1) is 0 Å². The predicted molar refractivity (Wildman–Crippen MR) is 97.0 cm³/mol. The van der Waals surface area contributed by atoms with Crippen LogP contribution in [-0.4, -0.2) is 31.7 Å². The lowest BCUT2D eigenvalue weighted by atomic mass is 10.2. The van der Waals surface area contributed by atoms with Gasteiger partial charge in [0, 0.05) is 23.3 Å². The van der Waals surface area contributed by atoms with Gasteiger partial charge in [-0.05, 0) is 30.4 Å². The molecule has 3 heterocycles. The molecule has 1 fully saturated rings. The minimum atomic E-state index is -3.49. The van der Waals surface area contributed by atoms with E-state index < -0.39 is 10.0 Å². The first-order chi connectivity index (χ1) is 11.6. The fourth-order valence-electron chi connectivity index (χ4n) is 2.67. The minimum Gasteiger partial charge on any atom is -0.346 e. The van der Waals surface area contributed by atoms with Gasteiger partial charge in [-0.2, -0.15) is 4.31 Å². The summed E-state index contributed by atoms with van der Waals surface area (Å²) >= 11 is 2.75. The Morgan fingerprint density at radius 2 is 1.92 bits per heavy atom. The van der Waals surface area contributed by atoms with Crippen molar-refractivity contribution in [2.24, 2.45) is 0 Å². The van der Waals surface area contributed by atoms with Gasteiger partial charge < -0.3 is 5.32 Å². The molecule has 3 rings (SSSR count). The fraction of sp³-hybridized carbons (Fsp3) is 0.438. The highest BCUT2D eigenvalue weighted by Gasteiger charge is 2.27. The number of nitrogens with zero attached hydrogens (tertiary/aromatic N) is 1. The lowest BCUT2D eigenvalue weighted by Gasteiger charge is -2.18. The van der Waals surface area contributed by atoms with E-state index in [4.69, 9.17) is 0 Å². The molecule has 0 saturated carbocycles. The monoisotopic (exact) mass is 384 g/mol. The van der Waals surface area contributed by atoms with Gasteiger partial charge in [-0.3, -0.25) is 4.79 Å². The van der Waals surface area contributed by atoms with Crippen LogP contribution in [-0.2, 0) is 16.6 Å². The quantitative estimate of drug-likeness (QED) is 0.860. The average molecular weight is 385 g/mol. The molecule has 0 atom stereocenters. The highest BCUT2D eigenvalue weighted by atomic mass is 32.2. The van der Waals surface area contributed by atoms with Crippen LogP contribution in [0.5, 0.6) is 0 Å². The lowest BCUT2D eigenvalue weighted by molar-refractivity contribution is 0.0955. The normalized spacial score (nSPS) is 16.7. The Kier molecular flexibility index (Phi) is 5.70. The fourth-order valence-corrected chi connectivity index (χ4v) is 6.01. The van der Waals surface area contributed by atoms with Gasteiger partial charge in [0.1, 0.15) is 0 Å². The first-order valence-corrected chi connectivity index (χ1v) is 11.2. The van der Waals surface area contributed by atoms with Crippen molar-refractivity contribution in [3.63, 3.8) is 0 Å². The molecule has 2 aromatic heterocycles. The second kappa shape index (κ2) is 7.77. The van der Waals surface area contributed by atoms with Gasteiger partial charge in [-0.1, -0.05) is 18.9 Å². The van der Waals surface area contributed by atoms with Crippen molar-refractivity contribution in [1.82, 2.24) is 9.62 Å². The summed E-state index contributed by atoms with van der Waals surface area (Å²) in [6, 6.07) is 5.38. The van der Waals surface area contributed by atoms with E-state index in [-0.39, 0.29) is 10.8 Å². The average Bonchev–Trinajstić information content (AvgIpc) is 3.19. The van der Waals surface area contributed by atoms with E-state index in [0.717, 1.165) is 30.6 Å². The van der Waals surface area contributed by atoms with E-state index in [2.05, 4.69) is 5.32 Å². The van der Waals surface area contributed by atoms with Crippen LogP contribution in [0.4, 0.5) is 0 Å². The summed E-state index contributed by atoms with van der Waals surface area (Å²) in [4.78, 5) is 13.9. The third-order valence-electron chi connectivity index (χ3n) is 4.01. The van der Waals surface area contributed by atoms with Crippen LogP contribution >= 0.6 is 22.7 Å². The van der Waals surface area contributed by atoms with E-state index in [1.54, 1.807) is 21.0 Å². The highest BCUT2D eigenvalue weighted by Crippen LogP contribution is 2.25. The van der Waals surface area contributed by atoms with Crippen LogP contribution in [0.2, 0.25) is 0 Å². The van der Waals surface area contributed by atoms with Gasteiger partial charge in [0.25, 0.3) is 5.91 Å². The number of carbonyl (C=O) groups is 1. The molecular formula is C16H20N2O3S3. The summed E-state index contributed by atoms with van der Waals surface area (Å²) in [5.74, 6) is -0.231. The Balaban J connectivity index is 1.68. The highest BCUT2D eigenvalue weighted by molar-refractivity contribution is 7.89. The zero-order valence-electron chi connectivity index (χ0n) is 13.2. The Hall–Kier alpha value is -1.22. The standard InChI is InChI=1S/C16H20N2O3S3/c19-16(17-11-13-6-5-9-22-13)15-10-14(12-23-15)24(20,21)18-7-3-1-2-4-8-18/h5-6,9-10,12H,1-4,7-8,11H2,(H,17,19). The minimum absolute atomic E-state index is 0.231. The molecule has 0 radical (unpaired) electrons. The molecule has 0 spiro atoms. The molecule has 24 heavy (non-hydrogen) atoms. The van der Waals surface area contributed by atoms with E-state index in [9.17, 15) is 13.2 Å². The maximum Gasteiger partial charge on any atom is 0.261 e. The number of amides is 1. The van der Waals surface area contributed by atoms with Gasteiger partial charge in [0.15, 0.2) is 0 Å². The van der Waals surface area contributed by atoms with Crippen molar-refractivity contribution >= 4 is 38.6 Å². The number of carbonyl (C=O) groups excluding carboxylic acids is 1. The molecule has 1 aliphatic rings. The molecule has 0 unspecified atom stereocenters. The second-order valence-corrected chi connectivity index (χ2v) is 9.61. The molecule has 1 aliphatic heterocycles. The largest absolute Gasteiger partial charge is 0.346 e. The Morgan fingerprint density at radius 1 is 1.17 bits per heavy atom. The summed E-state index contributed by atoms with van der Waals surface area (Å²) in [6.07, 6.45) is 3.95. The lowest BCUT2D eigenvalue weighted by Crippen LogP contribution is -2.31. The van der Waals surface area contributed by atoms with Crippen LogP contribution in [0.3, 0.4) is 0 Å². The third kappa shape index (κ3) is 4.05. The van der Waals surface area contributed by atoms with Gasteiger partial charge in [-0.25, -0.2) is 8.42 Å². The van der Waals surface area contributed by atoms with Crippen molar-refractivity contribution in [2.75, 3.05) is 13.1 Å². The van der Waals surface area contributed by atoms with Crippen LogP contribution in [0.15, 0.2) is 33.9 Å². The van der Waals surface area contributed by atoms with Crippen LogP contribution < -0.4 is 5.32 Å². The first-order valence-electron chi connectivity index (χ1n) is 7.96. The van der Waals surface area contributed by atoms with Crippen molar-refractivity contribution in [3.05, 3.63) is 38.7 Å². The molecule has 1 saturated heterocycles. The van der Waals surface area contributed by atoms with Crippen LogP contribution in [0.25, 0.3) is 0 Å². The summed E-state index contributed by atoms with van der Waals surface area (Å²) in [5, 5.41) is 6.36. The SMILES string of the molecule is O=C(NCc1cccs1)c1cc(S(=O)(=O)N2CCCCCC2)cs1. The van der Waals surface area contributed by atoms with E-state index in [1.807, 2.05) is 17.5 Å². The molecule has 0 aliphatic carbocycles. The summed E-state index contributed by atoms with van der Waals surface area (Å²) in [6.45, 7) is 1.60. The molecule has 0 aromatic carbocycles. The van der Waals surface area contributed by atoms with Gasteiger partial charge in [0.05, 0.1) is 16.3 Å². The molecule has 130 valence electrons. The Morgan fingerprint density at radius 3 is 2.58 bits per heavy atom. The maximum absolute atomic E-state index is 12.7. The van der Waals surface area contributed by atoms with Crippen molar-refractivity contribution < 1.29 is 13.2 Å². The molecule has 2 aromatic rings. The van der Waals surface area contributed by atoms with Gasteiger partial charge in [0.2, 0.25) is 10.0 Å². The molecule has 1 amide bonds. The molecule has 0 bridgehead atoms. The molecule has 1 N–H and O–H groups in total. The van der Waals surface area contributed by atoms with E-state index in [0.29, 0.717) is 24.5 Å². The first kappa shape index (κ1) is 17.6. The third-order valence-corrected chi connectivity index (χ3v) is 7.84. The number of sulfonamides is 1. The smallest absolute Gasteiger partial charge is 0.261 e. The maximum atomic E-state index is 12.7. The molecule has 5 nitrogen and oxygen atoms in total. The summed E-state index contributed by atoms with van der Waals surface area (Å²) in [7, 11) is -3.49. The predicted octanol–water partition coefficient (Wildman–Crippen LogP) is 3.30. The Labute approximate surface area is 150 Å². The topological polar surface area (TPSA) is 66.5 Å². The van der Waals surface area contributed by atoms with Crippen molar-refractivity contribution in [1.29, 1.82) is 0 Å². The number of nitrogens with one attached hydrogen (secondary N) is 1. The van der Waals surface area contributed by atoms with Gasteiger partial charge >= 0.3 is 0 Å².